The maximum Gasteiger partial charge on any atom is 0.153 e. The number of benzene rings is 2. The molecule has 0 saturated carbocycles. The van der Waals surface area contributed by atoms with E-state index in [1.54, 1.807) is 20.3 Å². The van der Waals surface area contributed by atoms with Gasteiger partial charge in [-0.15, -0.1) is 0 Å². The lowest BCUT2D eigenvalue weighted by atomic mass is 9.62. The molecule has 0 fully saturated rings. The zero-order chi connectivity index (χ0) is 25.4. The summed E-state index contributed by atoms with van der Waals surface area (Å²) in [6, 6.07) is 14.1. The fourth-order valence-electron chi connectivity index (χ4n) is 4.97. The van der Waals surface area contributed by atoms with Gasteiger partial charge in [0, 0.05) is 12.5 Å². The van der Waals surface area contributed by atoms with E-state index in [1.165, 1.54) is 35.1 Å². The summed E-state index contributed by atoms with van der Waals surface area (Å²) in [6.45, 7) is 11.6. The fourth-order valence-corrected chi connectivity index (χ4v) is 4.97. The first-order valence-corrected chi connectivity index (χ1v) is 12.1. The molecule has 0 radical (unpaired) electrons. The molecule has 2 N–H and O–H groups in total. The summed E-state index contributed by atoms with van der Waals surface area (Å²) in [4.78, 5) is 0. The molecular weight excluding hydrogens is 438 g/mol. The van der Waals surface area contributed by atoms with Gasteiger partial charge in [0.15, 0.2) is 5.76 Å². The van der Waals surface area contributed by atoms with Crippen LogP contribution < -0.4 is 14.8 Å². The highest BCUT2D eigenvalue weighted by molar-refractivity contribution is 5.77. The van der Waals surface area contributed by atoms with Crippen LogP contribution in [0.2, 0.25) is 0 Å². The number of aliphatic hydroxyl groups is 1. The Balaban J connectivity index is 1.59. The molecular formula is C30H37NO4. The van der Waals surface area contributed by atoms with E-state index >= 15 is 0 Å². The van der Waals surface area contributed by atoms with Crippen LogP contribution in [0.3, 0.4) is 0 Å². The molecule has 2 aromatic carbocycles. The Kier molecular flexibility index (Phi) is 6.63. The SMILES string of the molecule is COc1ccc(N/C(=C\O)c2ccc(Cc3cc4c(cc3C)C(C)(C)CCC4(C)C)o2)c(OC)c1. The number of aryl methyl sites for hydroxylation is 1. The van der Waals surface area contributed by atoms with E-state index in [9.17, 15) is 5.11 Å². The fraction of sp³-hybridized carbons (Fsp3) is 0.400. The number of ether oxygens (including phenoxy) is 2. The van der Waals surface area contributed by atoms with Crippen LogP contribution in [-0.2, 0) is 17.3 Å². The zero-order valence-corrected chi connectivity index (χ0v) is 21.9. The highest BCUT2D eigenvalue weighted by atomic mass is 16.5. The molecule has 1 aliphatic carbocycles. The van der Waals surface area contributed by atoms with Crippen LogP contribution >= 0.6 is 0 Å². The molecule has 3 aromatic rings. The van der Waals surface area contributed by atoms with Gasteiger partial charge in [-0.05, 0) is 77.1 Å². The number of anilines is 1. The monoisotopic (exact) mass is 475 g/mol. The Morgan fingerprint density at radius 1 is 0.971 bits per heavy atom. The summed E-state index contributed by atoms with van der Waals surface area (Å²) in [5, 5.41) is 13.1. The third kappa shape index (κ3) is 4.90. The first-order valence-electron chi connectivity index (χ1n) is 12.1. The van der Waals surface area contributed by atoms with Gasteiger partial charge in [0.05, 0.1) is 19.9 Å². The molecule has 0 aliphatic heterocycles. The third-order valence-electron chi connectivity index (χ3n) is 7.41. The van der Waals surface area contributed by atoms with Crippen LogP contribution in [-0.4, -0.2) is 19.3 Å². The number of methoxy groups -OCH3 is 2. The molecule has 1 heterocycles. The molecule has 0 spiro atoms. The second-order valence-electron chi connectivity index (χ2n) is 10.8. The molecule has 5 heteroatoms. The molecule has 1 aliphatic rings. The minimum absolute atomic E-state index is 0.162. The Hall–Kier alpha value is -3.34. The Bertz CT molecular complexity index is 1250. The van der Waals surface area contributed by atoms with E-state index in [-0.39, 0.29) is 10.8 Å². The number of fused-ring (bicyclic) bond motifs is 1. The maximum absolute atomic E-state index is 9.94. The lowest BCUT2D eigenvalue weighted by Crippen LogP contribution is -2.34. The van der Waals surface area contributed by atoms with Crippen LogP contribution in [0.15, 0.2) is 53.1 Å². The van der Waals surface area contributed by atoms with E-state index < -0.39 is 0 Å². The standard InChI is InChI=1S/C30H37NO4/c1-19-14-23-24(30(4,5)13-12-29(23,2)3)16-20(19)15-22-9-11-27(35-22)26(18-32)31-25-10-8-21(33-6)17-28(25)34-7/h8-11,14,16-18,31-32H,12-13,15H2,1-7H3/b26-18-. The van der Waals surface area contributed by atoms with Crippen molar-refractivity contribution in [3.63, 3.8) is 0 Å². The molecule has 0 bridgehead atoms. The first-order chi connectivity index (χ1) is 16.6. The highest BCUT2D eigenvalue weighted by Crippen LogP contribution is 2.46. The predicted octanol–water partition coefficient (Wildman–Crippen LogP) is 7.51. The Labute approximate surface area is 208 Å². The van der Waals surface area contributed by atoms with Gasteiger partial charge in [-0.3, -0.25) is 0 Å². The lowest BCUT2D eigenvalue weighted by molar-refractivity contribution is 0.331. The molecule has 4 rings (SSSR count). The van der Waals surface area contributed by atoms with E-state index in [4.69, 9.17) is 13.9 Å². The van der Waals surface area contributed by atoms with E-state index in [0.717, 1.165) is 12.0 Å². The summed E-state index contributed by atoms with van der Waals surface area (Å²) >= 11 is 0. The van der Waals surface area contributed by atoms with Crippen LogP contribution in [0.4, 0.5) is 5.69 Å². The average molecular weight is 476 g/mol. The van der Waals surface area contributed by atoms with Gasteiger partial charge in [-0.2, -0.15) is 0 Å². The number of nitrogens with one attached hydrogen (secondary N) is 1. The van der Waals surface area contributed by atoms with Gasteiger partial charge in [-0.1, -0.05) is 39.8 Å². The smallest absolute Gasteiger partial charge is 0.153 e. The summed E-state index contributed by atoms with van der Waals surface area (Å²) in [6.07, 6.45) is 4.10. The van der Waals surface area contributed by atoms with Crippen LogP contribution in [0.1, 0.15) is 74.3 Å². The highest BCUT2D eigenvalue weighted by Gasteiger charge is 2.37. The van der Waals surface area contributed by atoms with Crippen molar-refractivity contribution in [2.24, 2.45) is 0 Å². The summed E-state index contributed by atoms with van der Waals surface area (Å²) in [5.74, 6) is 2.69. The third-order valence-corrected chi connectivity index (χ3v) is 7.41. The second-order valence-corrected chi connectivity index (χ2v) is 10.8. The minimum Gasteiger partial charge on any atom is -0.513 e. The Morgan fingerprint density at radius 2 is 1.66 bits per heavy atom. The number of rotatable bonds is 7. The zero-order valence-electron chi connectivity index (χ0n) is 21.9. The molecule has 35 heavy (non-hydrogen) atoms. The maximum atomic E-state index is 9.94. The van der Waals surface area contributed by atoms with Crippen LogP contribution in [0.5, 0.6) is 11.5 Å². The normalized spacial score (nSPS) is 16.5. The van der Waals surface area contributed by atoms with E-state index in [1.807, 2.05) is 24.3 Å². The van der Waals surface area contributed by atoms with Gasteiger partial charge in [0.1, 0.15) is 29.2 Å². The van der Waals surface area contributed by atoms with Crippen molar-refractivity contribution in [3.8, 4) is 11.5 Å². The average Bonchev–Trinajstić information content (AvgIpc) is 3.29. The van der Waals surface area contributed by atoms with Crippen molar-refractivity contribution >= 4 is 11.4 Å². The summed E-state index contributed by atoms with van der Waals surface area (Å²) in [7, 11) is 3.20. The van der Waals surface area contributed by atoms with E-state index in [2.05, 4.69) is 52.1 Å². The summed E-state index contributed by atoms with van der Waals surface area (Å²) in [5.41, 5.74) is 6.98. The minimum atomic E-state index is 0.162. The quantitative estimate of drug-likeness (QED) is 0.346. The topological polar surface area (TPSA) is 63.9 Å². The number of furan rings is 1. The van der Waals surface area contributed by atoms with Crippen LogP contribution in [0, 0.1) is 6.92 Å². The molecule has 0 atom stereocenters. The van der Waals surface area contributed by atoms with Gasteiger partial charge in [-0.25, -0.2) is 0 Å². The van der Waals surface area contributed by atoms with Gasteiger partial charge < -0.3 is 24.3 Å². The number of hydrogen-bond donors (Lipinski definition) is 2. The van der Waals surface area contributed by atoms with Crippen molar-refractivity contribution in [3.05, 3.63) is 82.5 Å². The van der Waals surface area contributed by atoms with Crippen LogP contribution in [0.25, 0.3) is 5.70 Å². The molecule has 0 saturated heterocycles. The molecule has 0 amide bonds. The molecule has 1 aromatic heterocycles. The largest absolute Gasteiger partial charge is 0.513 e. The lowest BCUT2D eigenvalue weighted by Gasteiger charge is -2.42. The van der Waals surface area contributed by atoms with Gasteiger partial charge >= 0.3 is 0 Å². The van der Waals surface area contributed by atoms with Crippen molar-refractivity contribution in [2.45, 2.75) is 64.7 Å². The van der Waals surface area contributed by atoms with Gasteiger partial charge in [0.2, 0.25) is 0 Å². The molecule has 186 valence electrons. The van der Waals surface area contributed by atoms with Crippen molar-refractivity contribution in [1.82, 2.24) is 0 Å². The molecule has 0 unspecified atom stereocenters. The predicted molar refractivity (Wildman–Crippen MR) is 142 cm³/mol. The van der Waals surface area contributed by atoms with Crippen molar-refractivity contribution in [1.29, 1.82) is 0 Å². The van der Waals surface area contributed by atoms with Crippen molar-refractivity contribution in [2.75, 3.05) is 19.5 Å². The van der Waals surface area contributed by atoms with Gasteiger partial charge in [0.25, 0.3) is 0 Å². The summed E-state index contributed by atoms with van der Waals surface area (Å²) < 4.78 is 16.9. The Morgan fingerprint density at radius 3 is 2.29 bits per heavy atom. The first kappa shape index (κ1) is 24.8. The number of aliphatic hydroxyl groups excluding tert-OH is 1. The number of hydrogen-bond acceptors (Lipinski definition) is 5. The van der Waals surface area contributed by atoms with Crippen molar-refractivity contribution < 1.29 is 19.0 Å². The van der Waals surface area contributed by atoms with E-state index in [0.29, 0.717) is 35.1 Å². The molecule has 5 nitrogen and oxygen atoms in total. The second kappa shape index (κ2) is 9.37.